The number of aryl methyl sites for hydroxylation is 1. The van der Waals surface area contributed by atoms with Crippen molar-refractivity contribution in [2.24, 2.45) is 7.05 Å². The van der Waals surface area contributed by atoms with Crippen LogP contribution in [0.3, 0.4) is 0 Å². The maximum atomic E-state index is 14.6. The van der Waals surface area contributed by atoms with E-state index in [1.165, 1.54) is 30.1 Å². The molecule has 2 aromatic carbocycles. The molecule has 4 rings (SSSR count). The second kappa shape index (κ2) is 8.67. The van der Waals surface area contributed by atoms with Gasteiger partial charge in [-0.2, -0.15) is 12.7 Å². The first-order chi connectivity index (χ1) is 15.5. The maximum absolute atomic E-state index is 14.6. The van der Waals surface area contributed by atoms with Crippen molar-refractivity contribution >= 4 is 61.4 Å². The molecule has 2 N–H and O–H groups in total. The normalized spacial score (nSPS) is 17.0. The number of nitrogens with zero attached hydrogens (tertiary/aromatic N) is 3. The largest absolute Gasteiger partial charge is 0.351 e. The minimum atomic E-state index is -4.27. The standard InChI is InChI=1S/C19H16Cl2F3N5O3S/c1-28-8-25-11-2-3-12(15(20)14(11)19(28)30)26-18-16(21)13(6-10(23)17(18)24)27-33(31,32)29-5-4-9(22)7-29/h2-3,6,8-9,26-27H,4-5,7H2,1H3/t9-/m1/s1. The third-order valence-corrected chi connectivity index (χ3v) is 7.39. The van der Waals surface area contributed by atoms with Crippen LogP contribution >= 0.6 is 23.2 Å². The quantitative estimate of drug-likeness (QED) is 0.495. The van der Waals surface area contributed by atoms with Crippen LogP contribution in [0.25, 0.3) is 10.9 Å². The molecule has 1 atom stereocenters. The molecule has 0 amide bonds. The topological polar surface area (TPSA) is 96.3 Å². The summed E-state index contributed by atoms with van der Waals surface area (Å²) in [4.78, 5) is 16.5. The van der Waals surface area contributed by atoms with Gasteiger partial charge in [0.1, 0.15) is 6.17 Å². The molecule has 1 saturated heterocycles. The van der Waals surface area contributed by atoms with Gasteiger partial charge < -0.3 is 9.88 Å². The van der Waals surface area contributed by atoms with Gasteiger partial charge in [0.25, 0.3) is 5.56 Å². The average molecular weight is 522 g/mol. The Labute approximate surface area is 196 Å². The Balaban J connectivity index is 1.75. The fraction of sp³-hybridized carbons (Fsp3) is 0.263. The Morgan fingerprint density at radius 3 is 2.58 bits per heavy atom. The summed E-state index contributed by atoms with van der Waals surface area (Å²) in [6.07, 6.45) is 0.00575. The summed E-state index contributed by atoms with van der Waals surface area (Å²) >= 11 is 12.5. The lowest BCUT2D eigenvalue weighted by molar-refractivity contribution is 0.343. The molecule has 0 spiro atoms. The van der Waals surface area contributed by atoms with Gasteiger partial charge in [0, 0.05) is 26.2 Å². The summed E-state index contributed by atoms with van der Waals surface area (Å²) in [5.74, 6) is -2.80. The van der Waals surface area contributed by atoms with Crippen LogP contribution in [-0.4, -0.2) is 41.5 Å². The first-order valence-corrected chi connectivity index (χ1v) is 11.7. The van der Waals surface area contributed by atoms with Gasteiger partial charge >= 0.3 is 10.2 Å². The first kappa shape index (κ1) is 23.6. The number of rotatable bonds is 5. The number of hydrogen-bond acceptors (Lipinski definition) is 5. The highest BCUT2D eigenvalue weighted by Crippen LogP contribution is 2.39. The van der Waals surface area contributed by atoms with Gasteiger partial charge in [-0.3, -0.25) is 9.52 Å². The van der Waals surface area contributed by atoms with E-state index < -0.39 is 50.0 Å². The number of aromatic nitrogens is 2. The summed E-state index contributed by atoms with van der Waals surface area (Å²) in [7, 11) is -2.80. The van der Waals surface area contributed by atoms with Crippen molar-refractivity contribution in [1.29, 1.82) is 0 Å². The molecule has 1 aromatic heterocycles. The van der Waals surface area contributed by atoms with E-state index in [4.69, 9.17) is 23.2 Å². The van der Waals surface area contributed by atoms with Crippen molar-refractivity contribution in [3.8, 4) is 0 Å². The second-order valence-corrected chi connectivity index (χ2v) is 9.79. The van der Waals surface area contributed by atoms with E-state index >= 15 is 0 Å². The number of alkyl halides is 1. The minimum Gasteiger partial charge on any atom is -0.351 e. The highest BCUT2D eigenvalue weighted by atomic mass is 35.5. The average Bonchev–Trinajstić information content (AvgIpc) is 3.20. The van der Waals surface area contributed by atoms with E-state index in [2.05, 4.69) is 15.0 Å². The van der Waals surface area contributed by atoms with Gasteiger partial charge in [0.05, 0.1) is 44.3 Å². The molecule has 0 bridgehead atoms. The second-order valence-electron chi connectivity index (χ2n) is 7.37. The summed E-state index contributed by atoms with van der Waals surface area (Å²) in [5, 5.41) is 1.95. The van der Waals surface area contributed by atoms with Crippen molar-refractivity contribution in [2.45, 2.75) is 12.6 Å². The lowest BCUT2D eigenvalue weighted by atomic mass is 10.2. The van der Waals surface area contributed by atoms with Gasteiger partial charge in [0.2, 0.25) is 0 Å². The molecule has 2 heterocycles. The highest BCUT2D eigenvalue weighted by Gasteiger charge is 2.32. The molecule has 1 fully saturated rings. The van der Waals surface area contributed by atoms with E-state index in [0.29, 0.717) is 6.07 Å². The number of halogens is 5. The lowest BCUT2D eigenvalue weighted by Crippen LogP contribution is -2.34. The van der Waals surface area contributed by atoms with E-state index in [9.17, 15) is 26.4 Å². The Bertz CT molecular complexity index is 1430. The zero-order valence-corrected chi connectivity index (χ0v) is 19.2. The molecule has 3 aromatic rings. The monoisotopic (exact) mass is 521 g/mol. The molecular weight excluding hydrogens is 506 g/mol. The molecule has 14 heteroatoms. The van der Waals surface area contributed by atoms with Crippen LogP contribution in [0.2, 0.25) is 10.0 Å². The highest BCUT2D eigenvalue weighted by molar-refractivity contribution is 7.90. The van der Waals surface area contributed by atoms with Gasteiger partial charge in [-0.05, 0) is 18.6 Å². The van der Waals surface area contributed by atoms with Gasteiger partial charge in [0.15, 0.2) is 11.6 Å². The molecule has 8 nitrogen and oxygen atoms in total. The third-order valence-electron chi connectivity index (χ3n) is 5.11. The smallest absolute Gasteiger partial charge is 0.301 e. The van der Waals surface area contributed by atoms with Crippen molar-refractivity contribution in [3.05, 3.63) is 56.6 Å². The van der Waals surface area contributed by atoms with Crippen LogP contribution in [0.5, 0.6) is 0 Å². The van der Waals surface area contributed by atoms with Crippen molar-refractivity contribution < 1.29 is 21.6 Å². The third kappa shape index (κ3) is 4.35. The predicted octanol–water partition coefficient (Wildman–Crippen LogP) is 3.96. The fourth-order valence-corrected chi connectivity index (χ4v) is 5.23. The minimum absolute atomic E-state index is 0.00860. The Kier molecular flexibility index (Phi) is 6.20. The summed E-state index contributed by atoms with van der Waals surface area (Å²) < 4.78 is 71.5. The van der Waals surface area contributed by atoms with Crippen LogP contribution in [0.15, 0.2) is 29.3 Å². The Morgan fingerprint density at radius 1 is 1.18 bits per heavy atom. The molecule has 33 heavy (non-hydrogen) atoms. The molecule has 0 aliphatic carbocycles. The van der Waals surface area contributed by atoms with Crippen molar-refractivity contribution in [2.75, 3.05) is 23.1 Å². The van der Waals surface area contributed by atoms with Crippen LogP contribution in [-0.2, 0) is 17.3 Å². The molecule has 0 unspecified atom stereocenters. The predicted molar refractivity (Wildman–Crippen MR) is 120 cm³/mol. The van der Waals surface area contributed by atoms with Crippen LogP contribution in [0.1, 0.15) is 6.42 Å². The van der Waals surface area contributed by atoms with Crippen molar-refractivity contribution in [1.82, 2.24) is 13.9 Å². The zero-order chi connectivity index (χ0) is 24.1. The molecular formula is C19H16Cl2F3N5O3S. The van der Waals surface area contributed by atoms with Crippen LogP contribution in [0, 0.1) is 11.6 Å². The van der Waals surface area contributed by atoms with E-state index in [1.54, 1.807) is 0 Å². The summed E-state index contributed by atoms with van der Waals surface area (Å²) in [6.45, 7) is -0.435. The molecule has 0 radical (unpaired) electrons. The summed E-state index contributed by atoms with van der Waals surface area (Å²) in [5.41, 5.74) is -1.25. The molecule has 176 valence electrons. The van der Waals surface area contributed by atoms with E-state index in [1.807, 2.05) is 0 Å². The number of anilines is 3. The number of benzene rings is 2. The van der Waals surface area contributed by atoms with E-state index in [0.717, 1.165) is 4.31 Å². The number of fused-ring (bicyclic) bond motifs is 1. The zero-order valence-electron chi connectivity index (χ0n) is 16.9. The maximum Gasteiger partial charge on any atom is 0.301 e. The lowest BCUT2D eigenvalue weighted by Gasteiger charge is -2.19. The van der Waals surface area contributed by atoms with Gasteiger partial charge in [-0.25, -0.2) is 18.2 Å². The van der Waals surface area contributed by atoms with Crippen LogP contribution in [0.4, 0.5) is 30.2 Å². The van der Waals surface area contributed by atoms with Gasteiger partial charge in [-0.15, -0.1) is 0 Å². The molecule has 0 saturated carbocycles. The Morgan fingerprint density at radius 2 is 1.91 bits per heavy atom. The van der Waals surface area contributed by atoms with Crippen molar-refractivity contribution in [3.63, 3.8) is 0 Å². The molecule has 1 aliphatic rings. The first-order valence-electron chi connectivity index (χ1n) is 9.50. The molecule has 1 aliphatic heterocycles. The van der Waals surface area contributed by atoms with E-state index in [-0.39, 0.29) is 41.1 Å². The SMILES string of the molecule is Cn1cnc2ccc(Nc3c(F)c(F)cc(NS(=O)(=O)N4CC[C@@H](F)C4)c3Cl)c(Cl)c2c1=O. The number of hydrogen-bond donors (Lipinski definition) is 2. The number of nitrogens with one attached hydrogen (secondary N) is 2. The summed E-state index contributed by atoms with van der Waals surface area (Å²) in [6, 6.07) is 3.40. The fourth-order valence-electron chi connectivity index (χ4n) is 3.38. The Hall–Kier alpha value is -2.54. The van der Waals surface area contributed by atoms with Crippen LogP contribution < -0.4 is 15.6 Å². The van der Waals surface area contributed by atoms with Gasteiger partial charge in [-0.1, -0.05) is 23.2 Å².